The van der Waals surface area contributed by atoms with Crippen LogP contribution in [0, 0.1) is 11.6 Å². The van der Waals surface area contributed by atoms with Crippen LogP contribution in [0.5, 0.6) is 0 Å². The molecule has 144 valence electrons. The van der Waals surface area contributed by atoms with E-state index >= 15 is 0 Å². The number of aromatic nitrogens is 1. The molecule has 1 unspecified atom stereocenters. The average Bonchev–Trinajstić information content (AvgIpc) is 2.67. The van der Waals surface area contributed by atoms with Crippen molar-refractivity contribution in [2.24, 2.45) is 0 Å². The molecule has 0 radical (unpaired) electrons. The Labute approximate surface area is 156 Å². The van der Waals surface area contributed by atoms with Gasteiger partial charge in [0.05, 0.1) is 12.6 Å². The molecule has 2 N–H and O–H groups in total. The number of likely N-dealkylation sites (N-methyl/N-ethyl adjacent to an activating group) is 1. The number of hydrogen-bond donors (Lipinski definition) is 2. The van der Waals surface area contributed by atoms with Gasteiger partial charge in [-0.1, -0.05) is 12.1 Å². The fourth-order valence-corrected chi connectivity index (χ4v) is 2.36. The van der Waals surface area contributed by atoms with E-state index in [-0.39, 0.29) is 12.5 Å². The molecular weight excluding hydrogens is 354 g/mol. The molecule has 0 aliphatic heterocycles. The zero-order valence-electron chi connectivity index (χ0n) is 15.2. The number of benzene rings is 1. The summed E-state index contributed by atoms with van der Waals surface area (Å²) in [4.78, 5) is 29.7. The number of pyridine rings is 1. The first-order valence-electron chi connectivity index (χ1n) is 8.50. The van der Waals surface area contributed by atoms with Crippen molar-refractivity contribution in [3.05, 3.63) is 65.5 Å². The molecule has 0 saturated heterocycles. The van der Waals surface area contributed by atoms with Gasteiger partial charge in [-0.05, 0) is 36.8 Å². The van der Waals surface area contributed by atoms with Crippen molar-refractivity contribution in [3.63, 3.8) is 0 Å². The number of nitrogens with one attached hydrogen (secondary N) is 2. The van der Waals surface area contributed by atoms with Crippen LogP contribution in [0.15, 0.2) is 42.6 Å². The fraction of sp³-hybridized carbons (Fsp3) is 0.316. The zero-order valence-corrected chi connectivity index (χ0v) is 15.2. The number of halogens is 2. The number of urea groups is 1. The number of nitrogens with zero attached hydrogens (tertiary/aromatic N) is 2. The summed E-state index contributed by atoms with van der Waals surface area (Å²) in [7, 11) is 1.65. The number of hydrogen-bond acceptors (Lipinski definition) is 3. The molecule has 1 aromatic heterocycles. The lowest BCUT2D eigenvalue weighted by molar-refractivity contribution is -0.128. The van der Waals surface area contributed by atoms with Gasteiger partial charge in [-0.2, -0.15) is 0 Å². The van der Waals surface area contributed by atoms with Crippen LogP contribution in [0.1, 0.15) is 24.2 Å². The van der Waals surface area contributed by atoms with Gasteiger partial charge < -0.3 is 15.5 Å². The third-order valence-electron chi connectivity index (χ3n) is 4.05. The summed E-state index contributed by atoms with van der Waals surface area (Å²) in [5.74, 6) is -2.18. The largest absolute Gasteiger partial charge is 0.344 e. The van der Waals surface area contributed by atoms with E-state index in [1.807, 2.05) is 18.2 Å². The van der Waals surface area contributed by atoms with Gasteiger partial charge in [0, 0.05) is 31.9 Å². The van der Waals surface area contributed by atoms with Crippen molar-refractivity contribution in [3.8, 4) is 0 Å². The van der Waals surface area contributed by atoms with E-state index in [4.69, 9.17) is 0 Å². The summed E-state index contributed by atoms with van der Waals surface area (Å²) in [5.41, 5.74) is 1.30. The second-order valence-corrected chi connectivity index (χ2v) is 6.11. The minimum absolute atomic E-state index is 0.172. The minimum atomic E-state index is -0.980. The highest BCUT2D eigenvalue weighted by molar-refractivity contribution is 5.84. The van der Waals surface area contributed by atoms with Gasteiger partial charge in [0.25, 0.3) is 0 Å². The van der Waals surface area contributed by atoms with Gasteiger partial charge in [0.1, 0.15) is 0 Å². The second kappa shape index (κ2) is 9.61. The summed E-state index contributed by atoms with van der Waals surface area (Å²) >= 11 is 0. The Balaban J connectivity index is 1.75. The zero-order chi connectivity index (χ0) is 19.8. The summed E-state index contributed by atoms with van der Waals surface area (Å²) in [5, 5.41) is 5.04. The summed E-state index contributed by atoms with van der Waals surface area (Å²) in [6.45, 7) is 1.94. The highest BCUT2D eigenvalue weighted by Crippen LogP contribution is 2.15. The van der Waals surface area contributed by atoms with Crippen molar-refractivity contribution in [2.45, 2.75) is 19.4 Å². The van der Waals surface area contributed by atoms with Crippen LogP contribution in [0.25, 0.3) is 0 Å². The summed E-state index contributed by atoms with van der Waals surface area (Å²) in [6, 6.07) is 7.88. The second-order valence-electron chi connectivity index (χ2n) is 6.11. The van der Waals surface area contributed by atoms with Gasteiger partial charge in [-0.25, -0.2) is 13.6 Å². The van der Waals surface area contributed by atoms with E-state index < -0.39 is 23.7 Å². The van der Waals surface area contributed by atoms with Crippen LogP contribution in [0.2, 0.25) is 0 Å². The normalized spacial score (nSPS) is 11.6. The highest BCUT2D eigenvalue weighted by atomic mass is 19.2. The third kappa shape index (κ3) is 6.32. The first kappa shape index (κ1) is 20.3. The standard InChI is InChI=1S/C19H22F2N4O2/c1-13(14-6-7-16(20)17(21)11-14)24-19(27)23-12-18(26)25(2)10-8-15-5-3-4-9-22-15/h3-7,9,11,13H,8,10,12H2,1-2H3,(H2,23,24,27). The van der Waals surface area contributed by atoms with Crippen molar-refractivity contribution < 1.29 is 18.4 Å². The van der Waals surface area contributed by atoms with Crippen molar-refractivity contribution in [1.29, 1.82) is 0 Å². The molecule has 0 aliphatic rings. The van der Waals surface area contributed by atoms with E-state index in [1.165, 1.54) is 11.0 Å². The van der Waals surface area contributed by atoms with Crippen LogP contribution in [-0.4, -0.2) is 42.0 Å². The quantitative estimate of drug-likeness (QED) is 0.779. The number of rotatable bonds is 7. The van der Waals surface area contributed by atoms with Crippen LogP contribution in [0.4, 0.5) is 13.6 Å². The van der Waals surface area contributed by atoms with Gasteiger partial charge in [-0.15, -0.1) is 0 Å². The lowest BCUT2D eigenvalue weighted by Gasteiger charge is -2.19. The van der Waals surface area contributed by atoms with Gasteiger partial charge >= 0.3 is 6.03 Å². The van der Waals surface area contributed by atoms with Crippen LogP contribution in [0.3, 0.4) is 0 Å². The molecule has 2 rings (SSSR count). The molecule has 0 spiro atoms. The van der Waals surface area contributed by atoms with Crippen LogP contribution < -0.4 is 10.6 Å². The first-order chi connectivity index (χ1) is 12.9. The van der Waals surface area contributed by atoms with Crippen molar-refractivity contribution in [2.75, 3.05) is 20.1 Å². The number of carbonyl (C=O) groups is 2. The van der Waals surface area contributed by atoms with Crippen molar-refractivity contribution in [1.82, 2.24) is 20.5 Å². The van der Waals surface area contributed by atoms with Gasteiger partial charge in [-0.3, -0.25) is 9.78 Å². The first-order valence-corrected chi connectivity index (χ1v) is 8.50. The third-order valence-corrected chi connectivity index (χ3v) is 4.05. The smallest absolute Gasteiger partial charge is 0.315 e. The number of amides is 3. The Morgan fingerprint density at radius 2 is 1.96 bits per heavy atom. The molecule has 1 atom stereocenters. The molecule has 1 aromatic carbocycles. The molecule has 0 fully saturated rings. The monoisotopic (exact) mass is 376 g/mol. The lowest BCUT2D eigenvalue weighted by Crippen LogP contribution is -2.43. The average molecular weight is 376 g/mol. The van der Waals surface area contributed by atoms with Crippen molar-refractivity contribution >= 4 is 11.9 Å². The Kier molecular flexibility index (Phi) is 7.22. The predicted octanol–water partition coefficient (Wildman–Crippen LogP) is 2.42. The Hall–Kier alpha value is -3.03. The summed E-state index contributed by atoms with van der Waals surface area (Å²) in [6.07, 6.45) is 2.31. The summed E-state index contributed by atoms with van der Waals surface area (Å²) < 4.78 is 26.2. The van der Waals surface area contributed by atoms with Gasteiger partial charge in [0.15, 0.2) is 11.6 Å². The van der Waals surface area contributed by atoms with E-state index in [2.05, 4.69) is 15.6 Å². The maximum absolute atomic E-state index is 13.3. The topological polar surface area (TPSA) is 74.3 Å². The highest BCUT2D eigenvalue weighted by Gasteiger charge is 2.14. The van der Waals surface area contributed by atoms with E-state index in [0.717, 1.165) is 17.8 Å². The Bertz CT molecular complexity index is 787. The van der Waals surface area contributed by atoms with Gasteiger partial charge in [0.2, 0.25) is 5.91 Å². The molecule has 2 aromatic rings. The van der Waals surface area contributed by atoms with E-state index in [0.29, 0.717) is 18.5 Å². The minimum Gasteiger partial charge on any atom is -0.344 e. The molecule has 0 saturated carbocycles. The molecule has 27 heavy (non-hydrogen) atoms. The predicted molar refractivity (Wildman–Crippen MR) is 96.9 cm³/mol. The number of carbonyl (C=O) groups excluding carboxylic acids is 2. The van der Waals surface area contributed by atoms with Crippen LogP contribution in [-0.2, 0) is 11.2 Å². The Morgan fingerprint density at radius 3 is 2.63 bits per heavy atom. The lowest BCUT2D eigenvalue weighted by atomic mass is 10.1. The molecular formula is C19H22F2N4O2. The molecule has 0 aliphatic carbocycles. The van der Waals surface area contributed by atoms with E-state index in [1.54, 1.807) is 20.2 Å². The fourth-order valence-electron chi connectivity index (χ4n) is 2.36. The maximum Gasteiger partial charge on any atom is 0.315 e. The molecule has 8 heteroatoms. The van der Waals surface area contributed by atoms with Crippen LogP contribution >= 0.6 is 0 Å². The molecule has 3 amide bonds. The SMILES string of the molecule is CC(NC(=O)NCC(=O)N(C)CCc1ccccn1)c1ccc(F)c(F)c1. The molecule has 1 heterocycles. The van der Waals surface area contributed by atoms with E-state index in [9.17, 15) is 18.4 Å². The molecule has 0 bridgehead atoms. The Morgan fingerprint density at radius 1 is 1.19 bits per heavy atom. The molecule has 6 nitrogen and oxygen atoms in total. The maximum atomic E-state index is 13.3.